The van der Waals surface area contributed by atoms with E-state index < -0.39 is 0 Å². The molecule has 1 fully saturated rings. The number of ether oxygens (including phenoxy) is 1. The van der Waals surface area contributed by atoms with E-state index in [2.05, 4.69) is 27.2 Å². The first kappa shape index (κ1) is 19.1. The van der Waals surface area contributed by atoms with E-state index in [0.717, 1.165) is 18.7 Å². The molecule has 9 nitrogen and oxygen atoms in total. The van der Waals surface area contributed by atoms with Crippen LogP contribution in [0.2, 0.25) is 0 Å². The van der Waals surface area contributed by atoms with Gasteiger partial charge in [0.15, 0.2) is 11.5 Å². The third-order valence-electron chi connectivity index (χ3n) is 5.18. The molecule has 0 spiro atoms. The summed E-state index contributed by atoms with van der Waals surface area (Å²) in [6.07, 6.45) is 5.40. The van der Waals surface area contributed by atoms with Crippen molar-refractivity contribution in [2.24, 2.45) is 0 Å². The number of aromatic nitrogens is 4. The van der Waals surface area contributed by atoms with Crippen LogP contribution in [-0.4, -0.2) is 68.9 Å². The fraction of sp³-hybridized carbons (Fsp3) is 0.400. The van der Waals surface area contributed by atoms with E-state index in [1.165, 1.54) is 12.7 Å². The second-order valence-electron chi connectivity index (χ2n) is 7.26. The number of amides is 1. The number of likely N-dealkylation sites (tertiary alicyclic amines) is 1. The summed E-state index contributed by atoms with van der Waals surface area (Å²) in [7, 11) is 3.90. The molecule has 0 radical (unpaired) electrons. The van der Waals surface area contributed by atoms with Crippen LogP contribution in [0, 0.1) is 0 Å². The second-order valence-corrected chi connectivity index (χ2v) is 7.26. The lowest BCUT2D eigenvalue weighted by molar-refractivity contribution is 0.0751. The number of likely N-dealkylation sites (N-methyl/N-ethyl adjacent to an activating group) is 2. The smallest absolute Gasteiger partial charge is 0.275 e. The Morgan fingerprint density at radius 2 is 2.17 bits per heavy atom. The number of carbonyl (C=O) groups excluding carboxylic acids is 1. The van der Waals surface area contributed by atoms with Crippen molar-refractivity contribution >= 4 is 5.91 Å². The van der Waals surface area contributed by atoms with Crippen LogP contribution in [0.5, 0.6) is 5.75 Å². The van der Waals surface area contributed by atoms with E-state index >= 15 is 0 Å². The van der Waals surface area contributed by atoms with E-state index in [1.54, 1.807) is 29.0 Å². The first-order valence-corrected chi connectivity index (χ1v) is 9.59. The molecule has 4 rings (SSSR count). The Balaban J connectivity index is 1.31. The summed E-state index contributed by atoms with van der Waals surface area (Å²) >= 11 is 0. The minimum absolute atomic E-state index is 0.141. The standard InChI is InChI=1S/C20H24N6O3/c1-24-9-3-4-16(24)11-25(2)20(27)19-10-18(29-23-19)12-28-17-7-5-15(6-8-17)26-14-21-13-22-26/h5-8,10,13-14,16H,3-4,9,11-12H2,1-2H3. The van der Waals surface area contributed by atoms with Gasteiger partial charge in [0.2, 0.25) is 0 Å². The van der Waals surface area contributed by atoms with Crippen molar-refractivity contribution in [2.75, 3.05) is 27.2 Å². The quantitative estimate of drug-likeness (QED) is 0.603. The highest BCUT2D eigenvalue weighted by Crippen LogP contribution is 2.18. The highest BCUT2D eigenvalue weighted by molar-refractivity contribution is 5.92. The summed E-state index contributed by atoms with van der Waals surface area (Å²) < 4.78 is 12.7. The maximum atomic E-state index is 12.6. The Kier molecular flexibility index (Phi) is 5.57. The maximum Gasteiger partial charge on any atom is 0.275 e. The van der Waals surface area contributed by atoms with E-state index in [4.69, 9.17) is 9.26 Å². The molecule has 3 heterocycles. The molecule has 1 amide bonds. The molecule has 9 heteroatoms. The summed E-state index contributed by atoms with van der Waals surface area (Å²) in [5.41, 5.74) is 1.19. The Morgan fingerprint density at radius 3 is 2.86 bits per heavy atom. The van der Waals surface area contributed by atoms with Crippen LogP contribution in [0.25, 0.3) is 5.69 Å². The fourth-order valence-corrected chi connectivity index (χ4v) is 3.48. The van der Waals surface area contributed by atoms with Crippen LogP contribution in [0.4, 0.5) is 0 Å². The van der Waals surface area contributed by atoms with Gasteiger partial charge in [0, 0.05) is 25.7 Å². The van der Waals surface area contributed by atoms with Gasteiger partial charge >= 0.3 is 0 Å². The molecular weight excluding hydrogens is 372 g/mol. The molecule has 1 aromatic carbocycles. The molecule has 0 aliphatic carbocycles. The van der Waals surface area contributed by atoms with Crippen molar-refractivity contribution in [1.82, 2.24) is 29.7 Å². The third-order valence-corrected chi connectivity index (χ3v) is 5.18. The molecule has 0 N–H and O–H groups in total. The zero-order chi connectivity index (χ0) is 20.2. The normalized spacial score (nSPS) is 16.8. The van der Waals surface area contributed by atoms with Gasteiger partial charge in [-0.25, -0.2) is 9.67 Å². The first-order chi connectivity index (χ1) is 14.1. The van der Waals surface area contributed by atoms with Crippen molar-refractivity contribution in [2.45, 2.75) is 25.5 Å². The summed E-state index contributed by atoms with van der Waals surface area (Å²) in [5, 5.41) is 7.99. The summed E-state index contributed by atoms with van der Waals surface area (Å²) in [6, 6.07) is 9.49. The highest BCUT2D eigenvalue weighted by Gasteiger charge is 2.25. The average Bonchev–Trinajstić information content (AvgIpc) is 3.49. The van der Waals surface area contributed by atoms with Gasteiger partial charge < -0.3 is 19.1 Å². The monoisotopic (exact) mass is 396 g/mol. The van der Waals surface area contributed by atoms with Crippen molar-refractivity contribution in [3.63, 3.8) is 0 Å². The summed E-state index contributed by atoms with van der Waals surface area (Å²) in [6.45, 7) is 1.96. The number of benzene rings is 1. The van der Waals surface area contributed by atoms with Gasteiger partial charge in [-0.15, -0.1) is 0 Å². The molecule has 0 saturated carbocycles. The lowest BCUT2D eigenvalue weighted by Crippen LogP contribution is -2.39. The first-order valence-electron chi connectivity index (χ1n) is 9.59. The Labute approximate surface area is 168 Å². The lowest BCUT2D eigenvalue weighted by Gasteiger charge is -2.25. The Hall–Kier alpha value is -3.20. The summed E-state index contributed by atoms with van der Waals surface area (Å²) in [5.74, 6) is 1.04. The highest BCUT2D eigenvalue weighted by atomic mass is 16.5. The molecule has 0 bridgehead atoms. The molecule has 1 aliphatic rings. The third kappa shape index (κ3) is 4.45. The van der Waals surface area contributed by atoms with Crippen LogP contribution >= 0.6 is 0 Å². The van der Waals surface area contributed by atoms with Crippen LogP contribution < -0.4 is 4.74 Å². The Bertz CT molecular complexity index is 938. The molecule has 3 aromatic rings. The van der Waals surface area contributed by atoms with Crippen molar-refractivity contribution in [3.8, 4) is 11.4 Å². The van der Waals surface area contributed by atoms with Crippen LogP contribution in [0.15, 0.2) is 47.5 Å². The van der Waals surface area contributed by atoms with Gasteiger partial charge in [-0.3, -0.25) is 4.79 Å². The molecule has 1 saturated heterocycles. The van der Waals surface area contributed by atoms with Crippen molar-refractivity contribution in [1.29, 1.82) is 0 Å². The van der Waals surface area contributed by atoms with Crippen LogP contribution in [0.3, 0.4) is 0 Å². The number of rotatable bonds is 7. The van der Waals surface area contributed by atoms with E-state index in [9.17, 15) is 4.79 Å². The van der Waals surface area contributed by atoms with Gasteiger partial charge in [0.25, 0.3) is 5.91 Å². The maximum absolute atomic E-state index is 12.6. The van der Waals surface area contributed by atoms with E-state index in [0.29, 0.717) is 29.8 Å². The van der Waals surface area contributed by atoms with Crippen molar-refractivity contribution in [3.05, 3.63) is 54.4 Å². The van der Waals surface area contributed by atoms with Crippen LogP contribution in [-0.2, 0) is 6.61 Å². The molecule has 1 aliphatic heterocycles. The summed E-state index contributed by atoms with van der Waals surface area (Å²) in [4.78, 5) is 20.5. The topological polar surface area (TPSA) is 89.5 Å². The minimum Gasteiger partial charge on any atom is -0.486 e. The van der Waals surface area contributed by atoms with Gasteiger partial charge in [0.1, 0.15) is 25.0 Å². The second kappa shape index (κ2) is 8.44. The number of hydrogen-bond donors (Lipinski definition) is 0. The van der Waals surface area contributed by atoms with Gasteiger partial charge in [-0.1, -0.05) is 5.16 Å². The molecule has 29 heavy (non-hydrogen) atoms. The predicted octanol–water partition coefficient (Wildman–Crippen LogP) is 2.00. The molecular formula is C20H24N6O3. The lowest BCUT2D eigenvalue weighted by atomic mass is 10.2. The van der Waals surface area contributed by atoms with Gasteiger partial charge in [-0.05, 0) is 50.7 Å². The van der Waals surface area contributed by atoms with Crippen LogP contribution in [0.1, 0.15) is 29.1 Å². The van der Waals surface area contributed by atoms with Crippen molar-refractivity contribution < 1.29 is 14.1 Å². The van der Waals surface area contributed by atoms with E-state index in [1.807, 2.05) is 24.3 Å². The number of hydrogen-bond acceptors (Lipinski definition) is 7. The SMILES string of the molecule is CN(CC1CCCN1C)C(=O)c1cc(COc2ccc(-n3cncn3)cc2)on1. The van der Waals surface area contributed by atoms with E-state index in [-0.39, 0.29) is 12.5 Å². The predicted molar refractivity (Wildman–Crippen MR) is 105 cm³/mol. The molecule has 152 valence electrons. The average molecular weight is 396 g/mol. The number of carbonyl (C=O) groups is 1. The molecule has 1 unspecified atom stereocenters. The molecule has 1 atom stereocenters. The zero-order valence-corrected chi connectivity index (χ0v) is 16.6. The Morgan fingerprint density at radius 1 is 1.34 bits per heavy atom. The minimum atomic E-state index is -0.141. The number of nitrogens with zero attached hydrogens (tertiary/aromatic N) is 6. The largest absolute Gasteiger partial charge is 0.486 e. The zero-order valence-electron chi connectivity index (χ0n) is 16.6. The van der Waals surface area contributed by atoms with Gasteiger partial charge in [-0.2, -0.15) is 5.10 Å². The van der Waals surface area contributed by atoms with Gasteiger partial charge in [0.05, 0.1) is 5.69 Å². The fourth-order valence-electron chi connectivity index (χ4n) is 3.48. The molecule has 2 aromatic heterocycles.